The molecule has 5 nitrogen and oxygen atoms in total. The van der Waals surface area contributed by atoms with E-state index in [0.717, 1.165) is 25.0 Å². The van der Waals surface area contributed by atoms with Crippen molar-refractivity contribution in [2.24, 2.45) is 5.92 Å². The van der Waals surface area contributed by atoms with Crippen LogP contribution >= 0.6 is 0 Å². The van der Waals surface area contributed by atoms with Crippen LogP contribution in [-0.4, -0.2) is 28.8 Å². The second kappa shape index (κ2) is 5.34. The van der Waals surface area contributed by atoms with Crippen LogP contribution in [0.25, 0.3) is 0 Å². The standard InChI is InChI=1S/C13H15FN2O3/c1-2-15(8-9-3-4-9)13(17)10-5-6-12(16(18)19)11(14)7-10/h5-7,9H,2-4,8H2,1H3. The maximum absolute atomic E-state index is 13.5. The molecule has 1 aliphatic rings. The Labute approximate surface area is 110 Å². The molecular formula is C13H15FN2O3. The quantitative estimate of drug-likeness (QED) is 0.608. The highest BCUT2D eigenvalue weighted by Gasteiger charge is 2.27. The number of carbonyl (C=O) groups is 1. The minimum atomic E-state index is -0.974. The molecule has 1 fully saturated rings. The highest BCUT2D eigenvalue weighted by atomic mass is 19.1. The zero-order valence-corrected chi connectivity index (χ0v) is 10.6. The summed E-state index contributed by atoms with van der Waals surface area (Å²) in [4.78, 5) is 23.5. The minimum Gasteiger partial charge on any atom is -0.339 e. The number of hydrogen-bond acceptors (Lipinski definition) is 3. The predicted molar refractivity (Wildman–Crippen MR) is 67.4 cm³/mol. The third kappa shape index (κ3) is 3.07. The lowest BCUT2D eigenvalue weighted by Crippen LogP contribution is -2.32. The zero-order chi connectivity index (χ0) is 14.0. The zero-order valence-electron chi connectivity index (χ0n) is 10.6. The monoisotopic (exact) mass is 266 g/mol. The van der Waals surface area contributed by atoms with E-state index in [4.69, 9.17) is 0 Å². The number of carbonyl (C=O) groups excluding carboxylic acids is 1. The van der Waals surface area contributed by atoms with Crippen LogP contribution < -0.4 is 0 Å². The molecule has 19 heavy (non-hydrogen) atoms. The number of benzene rings is 1. The van der Waals surface area contributed by atoms with Crippen molar-refractivity contribution in [2.75, 3.05) is 13.1 Å². The molecule has 0 spiro atoms. The van der Waals surface area contributed by atoms with Gasteiger partial charge in [0.05, 0.1) is 4.92 Å². The highest BCUT2D eigenvalue weighted by molar-refractivity contribution is 5.94. The van der Waals surface area contributed by atoms with E-state index < -0.39 is 16.4 Å². The third-order valence-electron chi connectivity index (χ3n) is 3.24. The smallest absolute Gasteiger partial charge is 0.304 e. The van der Waals surface area contributed by atoms with Crippen molar-refractivity contribution in [1.82, 2.24) is 4.90 Å². The number of nitro benzene ring substituents is 1. The molecule has 0 saturated heterocycles. The van der Waals surface area contributed by atoms with E-state index in [1.54, 1.807) is 4.90 Å². The second-order valence-electron chi connectivity index (χ2n) is 4.71. The number of hydrogen-bond donors (Lipinski definition) is 0. The first-order valence-corrected chi connectivity index (χ1v) is 6.26. The molecule has 1 aliphatic carbocycles. The van der Waals surface area contributed by atoms with Gasteiger partial charge in [0.25, 0.3) is 5.91 Å². The Morgan fingerprint density at radius 3 is 2.68 bits per heavy atom. The van der Waals surface area contributed by atoms with E-state index in [1.165, 1.54) is 6.07 Å². The Balaban J connectivity index is 2.17. The van der Waals surface area contributed by atoms with Gasteiger partial charge in [-0.25, -0.2) is 0 Å². The summed E-state index contributed by atoms with van der Waals surface area (Å²) in [5.74, 6) is -0.701. The molecule has 0 N–H and O–H groups in total. The van der Waals surface area contributed by atoms with Crippen LogP contribution in [0.4, 0.5) is 10.1 Å². The maximum atomic E-state index is 13.5. The van der Waals surface area contributed by atoms with Crippen molar-refractivity contribution in [1.29, 1.82) is 0 Å². The number of nitrogens with zero attached hydrogens (tertiary/aromatic N) is 2. The van der Waals surface area contributed by atoms with Crippen LogP contribution in [0, 0.1) is 21.8 Å². The fourth-order valence-corrected chi connectivity index (χ4v) is 1.94. The number of amides is 1. The largest absolute Gasteiger partial charge is 0.339 e. The van der Waals surface area contributed by atoms with Crippen molar-refractivity contribution >= 4 is 11.6 Å². The topological polar surface area (TPSA) is 63.5 Å². The Bertz CT molecular complexity index is 515. The molecular weight excluding hydrogens is 251 g/mol. The Morgan fingerprint density at radius 2 is 2.21 bits per heavy atom. The van der Waals surface area contributed by atoms with E-state index >= 15 is 0 Å². The Hall–Kier alpha value is -1.98. The summed E-state index contributed by atoms with van der Waals surface area (Å²) in [6.45, 7) is 3.09. The third-order valence-corrected chi connectivity index (χ3v) is 3.24. The second-order valence-corrected chi connectivity index (χ2v) is 4.71. The highest BCUT2D eigenvalue weighted by Crippen LogP contribution is 2.30. The summed E-state index contributed by atoms with van der Waals surface area (Å²) in [7, 11) is 0. The molecule has 0 atom stereocenters. The molecule has 0 radical (unpaired) electrons. The molecule has 1 saturated carbocycles. The normalized spacial score (nSPS) is 14.2. The molecule has 1 aromatic carbocycles. The van der Waals surface area contributed by atoms with E-state index in [0.29, 0.717) is 19.0 Å². The van der Waals surface area contributed by atoms with Gasteiger partial charge in [0.2, 0.25) is 5.82 Å². The number of rotatable bonds is 5. The lowest BCUT2D eigenvalue weighted by atomic mass is 10.1. The van der Waals surface area contributed by atoms with Crippen molar-refractivity contribution in [3.8, 4) is 0 Å². The first-order valence-electron chi connectivity index (χ1n) is 6.26. The molecule has 0 unspecified atom stereocenters. The minimum absolute atomic E-state index is 0.158. The van der Waals surface area contributed by atoms with Crippen LogP contribution in [0.1, 0.15) is 30.1 Å². The van der Waals surface area contributed by atoms with Gasteiger partial charge in [-0.1, -0.05) is 0 Å². The molecule has 2 rings (SSSR count). The van der Waals surface area contributed by atoms with Gasteiger partial charge in [-0.05, 0) is 37.8 Å². The summed E-state index contributed by atoms with van der Waals surface area (Å²) < 4.78 is 13.5. The van der Waals surface area contributed by atoms with E-state index in [2.05, 4.69) is 0 Å². The first kappa shape index (κ1) is 13.5. The molecule has 0 aliphatic heterocycles. The molecule has 0 aromatic heterocycles. The molecule has 6 heteroatoms. The molecule has 0 bridgehead atoms. The van der Waals surface area contributed by atoms with Crippen LogP contribution in [0.15, 0.2) is 18.2 Å². The average molecular weight is 266 g/mol. The van der Waals surface area contributed by atoms with Crippen LogP contribution in [-0.2, 0) is 0 Å². The van der Waals surface area contributed by atoms with Gasteiger partial charge >= 0.3 is 5.69 Å². The Morgan fingerprint density at radius 1 is 1.53 bits per heavy atom. The van der Waals surface area contributed by atoms with Crippen LogP contribution in [0.3, 0.4) is 0 Å². The summed E-state index contributed by atoms with van der Waals surface area (Å²) in [6, 6.07) is 3.28. The molecule has 1 amide bonds. The summed E-state index contributed by atoms with van der Waals surface area (Å²) in [5.41, 5.74) is -0.451. The summed E-state index contributed by atoms with van der Waals surface area (Å²) in [5, 5.41) is 10.5. The predicted octanol–water partition coefficient (Wildman–Crippen LogP) is 2.61. The van der Waals surface area contributed by atoms with Gasteiger partial charge in [0.1, 0.15) is 0 Å². The Kier molecular flexibility index (Phi) is 3.78. The van der Waals surface area contributed by atoms with Crippen molar-refractivity contribution in [3.05, 3.63) is 39.7 Å². The van der Waals surface area contributed by atoms with Gasteiger partial charge in [0, 0.05) is 24.7 Å². The van der Waals surface area contributed by atoms with Crippen molar-refractivity contribution < 1.29 is 14.1 Å². The van der Waals surface area contributed by atoms with E-state index in [9.17, 15) is 19.3 Å². The van der Waals surface area contributed by atoms with Gasteiger partial charge < -0.3 is 4.90 Å². The lowest BCUT2D eigenvalue weighted by molar-refractivity contribution is -0.387. The molecule has 0 heterocycles. The van der Waals surface area contributed by atoms with Gasteiger partial charge in [-0.3, -0.25) is 14.9 Å². The molecule has 1 aromatic rings. The molecule has 102 valence electrons. The first-order chi connectivity index (χ1) is 9.02. The SMILES string of the molecule is CCN(CC1CC1)C(=O)c1ccc([N+](=O)[O-])c(F)c1. The van der Waals surface area contributed by atoms with Gasteiger partial charge in [0.15, 0.2) is 0 Å². The maximum Gasteiger partial charge on any atom is 0.304 e. The average Bonchev–Trinajstić information content (AvgIpc) is 3.18. The van der Waals surface area contributed by atoms with E-state index in [1.807, 2.05) is 6.92 Å². The summed E-state index contributed by atoms with van der Waals surface area (Å²) in [6.07, 6.45) is 2.25. The van der Waals surface area contributed by atoms with Gasteiger partial charge in [-0.2, -0.15) is 4.39 Å². The fourth-order valence-electron chi connectivity index (χ4n) is 1.94. The fraction of sp³-hybridized carbons (Fsp3) is 0.462. The summed E-state index contributed by atoms with van der Waals surface area (Å²) >= 11 is 0. The number of halogens is 1. The van der Waals surface area contributed by atoms with E-state index in [-0.39, 0.29) is 11.5 Å². The van der Waals surface area contributed by atoms with Crippen molar-refractivity contribution in [2.45, 2.75) is 19.8 Å². The lowest BCUT2D eigenvalue weighted by Gasteiger charge is -2.20. The van der Waals surface area contributed by atoms with Gasteiger partial charge in [-0.15, -0.1) is 0 Å². The van der Waals surface area contributed by atoms with Crippen molar-refractivity contribution in [3.63, 3.8) is 0 Å². The van der Waals surface area contributed by atoms with Crippen LogP contribution in [0.2, 0.25) is 0 Å². The van der Waals surface area contributed by atoms with Crippen LogP contribution in [0.5, 0.6) is 0 Å². The number of nitro groups is 1.